The highest BCUT2D eigenvalue weighted by molar-refractivity contribution is 7.99. The molecule has 0 saturated carbocycles. The van der Waals surface area contributed by atoms with E-state index in [2.05, 4.69) is 15.3 Å². The number of anilines is 2. The van der Waals surface area contributed by atoms with Crippen LogP contribution in [-0.4, -0.2) is 39.7 Å². The van der Waals surface area contributed by atoms with E-state index in [9.17, 15) is 0 Å². The lowest BCUT2D eigenvalue weighted by Gasteiger charge is -2.10. The number of nitrogens with one attached hydrogen (secondary N) is 1. The van der Waals surface area contributed by atoms with Crippen molar-refractivity contribution in [2.24, 2.45) is 0 Å². The van der Waals surface area contributed by atoms with Gasteiger partial charge in [-0.1, -0.05) is 6.92 Å². The smallest absolute Gasteiger partial charge is 0.134 e. The number of nitrogens with zero attached hydrogens (tertiary/aromatic N) is 2. The van der Waals surface area contributed by atoms with Gasteiger partial charge in [-0.05, 0) is 18.6 Å². The van der Waals surface area contributed by atoms with Crippen molar-refractivity contribution in [2.75, 3.05) is 35.7 Å². The van der Waals surface area contributed by atoms with Crippen molar-refractivity contribution in [1.29, 1.82) is 0 Å². The van der Waals surface area contributed by atoms with Gasteiger partial charge in [0.15, 0.2) is 0 Å². The van der Waals surface area contributed by atoms with Gasteiger partial charge in [0.05, 0.1) is 0 Å². The lowest BCUT2D eigenvalue weighted by molar-refractivity contribution is 0.296. The third kappa shape index (κ3) is 4.79. The Labute approximate surface area is 106 Å². The molecule has 5 nitrogen and oxygen atoms in total. The van der Waals surface area contributed by atoms with Crippen molar-refractivity contribution in [2.45, 2.75) is 19.8 Å². The molecule has 0 fully saturated rings. The lowest BCUT2D eigenvalue weighted by Crippen LogP contribution is -2.10. The molecule has 96 valence electrons. The molecule has 0 aliphatic carbocycles. The van der Waals surface area contributed by atoms with E-state index in [1.165, 1.54) is 6.33 Å². The zero-order valence-electron chi connectivity index (χ0n) is 10.1. The van der Waals surface area contributed by atoms with E-state index >= 15 is 0 Å². The average molecular weight is 256 g/mol. The Kier molecular flexibility index (Phi) is 6.73. The van der Waals surface area contributed by atoms with Crippen LogP contribution in [0.15, 0.2) is 6.33 Å². The van der Waals surface area contributed by atoms with Gasteiger partial charge in [-0.25, -0.2) is 9.97 Å². The highest BCUT2D eigenvalue weighted by atomic mass is 32.2. The van der Waals surface area contributed by atoms with E-state index < -0.39 is 0 Å². The minimum atomic E-state index is 0.267. The van der Waals surface area contributed by atoms with Gasteiger partial charge in [0.2, 0.25) is 0 Å². The van der Waals surface area contributed by atoms with Crippen LogP contribution in [0.3, 0.4) is 0 Å². The Hall–Kier alpha value is -1.01. The molecule has 0 aliphatic rings. The van der Waals surface area contributed by atoms with Gasteiger partial charge in [-0.15, -0.1) is 0 Å². The molecule has 4 N–H and O–H groups in total. The molecule has 0 aromatic carbocycles. The number of rotatable bonds is 8. The maximum atomic E-state index is 8.64. The SMILES string of the molecule is CCc1c(N)ncnc1NCCSCCCO. The summed E-state index contributed by atoms with van der Waals surface area (Å²) in [5.41, 5.74) is 6.76. The van der Waals surface area contributed by atoms with E-state index in [4.69, 9.17) is 10.8 Å². The number of nitrogen functional groups attached to an aromatic ring is 1. The third-order valence-corrected chi connectivity index (χ3v) is 3.39. The first kappa shape index (κ1) is 14.1. The second-order valence-corrected chi connectivity index (χ2v) is 4.78. The molecule has 0 amide bonds. The van der Waals surface area contributed by atoms with Gasteiger partial charge < -0.3 is 16.2 Å². The second kappa shape index (κ2) is 8.14. The predicted molar refractivity (Wildman–Crippen MR) is 73.3 cm³/mol. The molecule has 0 unspecified atom stereocenters. The number of hydrogen-bond donors (Lipinski definition) is 3. The molecule has 1 rings (SSSR count). The van der Waals surface area contributed by atoms with Crippen LogP contribution in [0.25, 0.3) is 0 Å². The highest BCUT2D eigenvalue weighted by Crippen LogP contribution is 2.17. The molecule has 1 aromatic heterocycles. The number of aliphatic hydroxyl groups excluding tert-OH is 1. The Bertz CT molecular complexity index is 335. The van der Waals surface area contributed by atoms with E-state index in [1.807, 2.05) is 18.7 Å². The van der Waals surface area contributed by atoms with Crippen molar-refractivity contribution < 1.29 is 5.11 Å². The molecule has 0 saturated heterocycles. The summed E-state index contributed by atoms with van der Waals surface area (Å²) in [7, 11) is 0. The largest absolute Gasteiger partial charge is 0.396 e. The van der Waals surface area contributed by atoms with Crippen LogP contribution < -0.4 is 11.1 Å². The minimum Gasteiger partial charge on any atom is -0.396 e. The van der Waals surface area contributed by atoms with Crippen LogP contribution in [0.2, 0.25) is 0 Å². The van der Waals surface area contributed by atoms with Crippen molar-refractivity contribution in [1.82, 2.24) is 9.97 Å². The summed E-state index contributed by atoms with van der Waals surface area (Å²) in [5.74, 6) is 3.37. The Morgan fingerprint density at radius 3 is 2.94 bits per heavy atom. The number of hydrogen-bond acceptors (Lipinski definition) is 6. The van der Waals surface area contributed by atoms with E-state index in [1.54, 1.807) is 0 Å². The van der Waals surface area contributed by atoms with Crippen molar-refractivity contribution in [3.63, 3.8) is 0 Å². The number of aromatic nitrogens is 2. The van der Waals surface area contributed by atoms with Crippen LogP contribution in [0, 0.1) is 0 Å². The Morgan fingerprint density at radius 2 is 2.24 bits per heavy atom. The highest BCUT2D eigenvalue weighted by Gasteiger charge is 2.05. The van der Waals surface area contributed by atoms with E-state index in [0.717, 1.165) is 42.3 Å². The quantitative estimate of drug-likeness (QED) is 0.605. The van der Waals surface area contributed by atoms with E-state index in [-0.39, 0.29) is 6.61 Å². The molecule has 6 heteroatoms. The lowest BCUT2D eigenvalue weighted by atomic mass is 10.2. The topological polar surface area (TPSA) is 84.1 Å². The van der Waals surface area contributed by atoms with Crippen molar-refractivity contribution in [3.05, 3.63) is 11.9 Å². The predicted octanol–water partition coefficient (Wildman–Crippen LogP) is 1.15. The number of thioether (sulfide) groups is 1. The van der Waals surface area contributed by atoms with Gasteiger partial charge in [-0.3, -0.25) is 0 Å². The Balaban J connectivity index is 2.33. The molecule has 0 atom stereocenters. The standard InChI is InChI=1S/C11H20N4OS/c1-2-9-10(12)14-8-15-11(9)13-4-7-17-6-3-5-16/h8,16H,2-7H2,1H3,(H3,12,13,14,15). The first-order valence-electron chi connectivity index (χ1n) is 5.81. The van der Waals surface area contributed by atoms with Crippen LogP contribution in [0.4, 0.5) is 11.6 Å². The summed E-state index contributed by atoms with van der Waals surface area (Å²) in [4.78, 5) is 8.17. The Morgan fingerprint density at radius 1 is 1.41 bits per heavy atom. The van der Waals surface area contributed by atoms with Gasteiger partial charge in [-0.2, -0.15) is 11.8 Å². The summed E-state index contributed by atoms with van der Waals surface area (Å²) in [6, 6.07) is 0. The first-order chi connectivity index (χ1) is 8.29. The fourth-order valence-electron chi connectivity index (χ4n) is 1.44. The van der Waals surface area contributed by atoms with Gasteiger partial charge in [0.1, 0.15) is 18.0 Å². The molecule has 0 spiro atoms. The van der Waals surface area contributed by atoms with Crippen LogP contribution in [0.1, 0.15) is 18.9 Å². The van der Waals surface area contributed by atoms with Gasteiger partial charge in [0.25, 0.3) is 0 Å². The average Bonchev–Trinajstić information content (AvgIpc) is 2.34. The molecular formula is C11H20N4OS. The maximum absolute atomic E-state index is 8.64. The molecule has 0 radical (unpaired) electrons. The summed E-state index contributed by atoms with van der Waals surface area (Å²) in [6.07, 6.45) is 3.16. The normalized spacial score (nSPS) is 10.5. The summed E-state index contributed by atoms with van der Waals surface area (Å²) in [5, 5.41) is 11.9. The van der Waals surface area contributed by atoms with Crippen LogP contribution >= 0.6 is 11.8 Å². The monoisotopic (exact) mass is 256 g/mol. The summed E-state index contributed by atoms with van der Waals surface area (Å²) in [6.45, 7) is 3.15. The minimum absolute atomic E-state index is 0.267. The number of nitrogens with two attached hydrogens (primary N) is 1. The fourth-order valence-corrected chi connectivity index (χ4v) is 2.22. The molecule has 17 heavy (non-hydrogen) atoms. The number of aliphatic hydroxyl groups is 1. The third-order valence-electron chi connectivity index (χ3n) is 2.32. The summed E-state index contributed by atoms with van der Waals surface area (Å²) < 4.78 is 0. The fraction of sp³-hybridized carbons (Fsp3) is 0.636. The molecule has 1 aromatic rings. The zero-order valence-corrected chi connectivity index (χ0v) is 11.0. The molecular weight excluding hydrogens is 236 g/mol. The molecule has 1 heterocycles. The summed E-state index contributed by atoms with van der Waals surface area (Å²) >= 11 is 1.82. The first-order valence-corrected chi connectivity index (χ1v) is 6.96. The second-order valence-electron chi connectivity index (χ2n) is 3.56. The van der Waals surface area contributed by atoms with Crippen molar-refractivity contribution >= 4 is 23.4 Å². The van der Waals surface area contributed by atoms with Crippen molar-refractivity contribution in [3.8, 4) is 0 Å². The maximum Gasteiger partial charge on any atom is 0.134 e. The van der Waals surface area contributed by atoms with E-state index in [0.29, 0.717) is 5.82 Å². The van der Waals surface area contributed by atoms with Gasteiger partial charge >= 0.3 is 0 Å². The molecule has 0 aliphatic heterocycles. The van der Waals surface area contributed by atoms with Crippen LogP contribution in [0.5, 0.6) is 0 Å². The van der Waals surface area contributed by atoms with Gasteiger partial charge in [0, 0.05) is 24.5 Å². The van der Waals surface area contributed by atoms with Crippen LogP contribution in [-0.2, 0) is 6.42 Å². The zero-order chi connectivity index (χ0) is 12.5. The molecule has 0 bridgehead atoms.